The lowest BCUT2D eigenvalue weighted by atomic mass is 9.93. The number of likely N-dealkylation sites (tertiary alicyclic amines) is 1. The van der Waals surface area contributed by atoms with E-state index in [-0.39, 0.29) is 5.78 Å². The fraction of sp³-hybridized carbons (Fsp3) is 0.409. The van der Waals surface area contributed by atoms with Gasteiger partial charge in [0.25, 0.3) is 0 Å². The van der Waals surface area contributed by atoms with Gasteiger partial charge >= 0.3 is 0 Å². The van der Waals surface area contributed by atoms with Crippen LogP contribution in [0.1, 0.15) is 35.2 Å². The van der Waals surface area contributed by atoms with Crippen LogP contribution in [0.15, 0.2) is 51.8 Å². The summed E-state index contributed by atoms with van der Waals surface area (Å²) in [6.45, 7) is 5.36. The standard InChI is InChI=1S/C22H24BrNO2S/c1-16-5-8-18(9-6-16)27-22(14-24-11-3-2-4-12-24)15-26-20-10-7-17(23)13-19(20)21(22)25/h5-10,13H,2-4,11-12,14-15H2,1H3/t22-/m1/s1. The molecule has 0 radical (unpaired) electrons. The van der Waals surface area contributed by atoms with Crippen LogP contribution >= 0.6 is 27.7 Å². The minimum Gasteiger partial charge on any atom is -0.491 e. The van der Waals surface area contributed by atoms with E-state index in [1.807, 2.05) is 18.2 Å². The second-order valence-corrected chi connectivity index (χ2v) is 9.88. The van der Waals surface area contributed by atoms with Gasteiger partial charge in [0.2, 0.25) is 0 Å². The summed E-state index contributed by atoms with van der Waals surface area (Å²) in [5, 5.41) is 0. The summed E-state index contributed by atoms with van der Waals surface area (Å²) in [4.78, 5) is 17.2. The summed E-state index contributed by atoms with van der Waals surface area (Å²) in [5.74, 6) is 0.878. The molecule has 2 aromatic rings. The van der Waals surface area contributed by atoms with Crippen molar-refractivity contribution in [2.24, 2.45) is 0 Å². The van der Waals surface area contributed by atoms with E-state index in [0.717, 1.165) is 29.0 Å². The molecule has 0 N–H and O–H groups in total. The van der Waals surface area contributed by atoms with E-state index in [1.54, 1.807) is 11.8 Å². The minimum absolute atomic E-state index is 0.182. The number of piperidine rings is 1. The molecule has 1 fully saturated rings. The van der Waals surface area contributed by atoms with Gasteiger partial charge in [-0.2, -0.15) is 0 Å². The molecule has 3 nitrogen and oxygen atoms in total. The quantitative estimate of drug-likeness (QED) is 0.634. The highest BCUT2D eigenvalue weighted by Crippen LogP contribution is 2.43. The highest BCUT2D eigenvalue weighted by molar-refractivity contribution is 9.10. The van der Waals surface area contributed by atoms with E-state index in [4.69, 9.17) is 4.74 Å². The van der Waals surface area contributed by atoms with Gasteiger partial charge in [0, 0.05) is 15.9 Å². The summed E-state index contributed by atoms with van der Waals surface area (Å²) in [6.07, 6.45) is 3.71. The maximum absolute atomic E-state index is 13.7. The van der Waals surface area contributed by atoms with Crippen molar-refractivity contribution in [1.29, 1.82) is 0 Å². The molecule has 0 aliphatic carbocycles. The van der Waals surface area contributed by atoms with E-state index in [0.29, 0.717) is 17.9 Å². The number of carbonyl (C=O) groups is 1. The third-order valence-electron chi connectivity index (χ3n) is 5.32. The Morgan fingerprint density at radius 1 is 1.11 bits per heavy atom. The van der Waals surface area contributed by atoms with Crippen LogP contribution in [0.3, 0.4) is 0 Å². The van der Waals surface area contributed by atoms with Crippen LogP contribution < -0.4 is 4.74 Å². The predicted octanol–water partition coefficient (Wildman–Crippen LogP) is 5.35. The van der Waals surface area contributed by atoms with Crippen molar-refractivity contribution in [1.82, 2.24) is 4.90 Å². The summed E-state index contributed by atoms with van der Waals surface area (Å²) < 4.78 is 6.41. The summed E-state index contributed by atoms with van der Waals surface area (Å²) in [6, 6.07) is 14.2. The molecule has 2 aromatic carbocycles. The number of hydrogen-bond donors (Lipinski definition) is 0. The largest absolute Gasteiger partial charge is 0.491 e. The molecular formula is C22H24BrNO2S. The van der Waals surface area contributed by atoms with Gasteiger partial charge in [-0.05, 0) is 63.2 Å². The van der Waals surface area contributed by atoms with Crippen molar-refractivity contribution >= 4 is 33.5 Å². The lowest BCUT2D eigenvalue weighted by molar-refractivity contribution is 0.0807. The van der Waals surface area contributed by atoms with Crippen molar-refractivity contribution in [3.8, 4) is 5.75 Å². The molecule has 2 heterocycles. The first-order chi connectivity index (χ1) is 13.1. The molecule has 27 heavy (non-hydrogen) atoms. The molecule has 0 aromatic heterocycles. The number of fused-ring (bicyclic) bond motifs is 1. The fourth-order valence-electron chi connectivity index (χ4n) is 3.85. The Morgan fingerprint density at radius 2 is 1.85 bits per heavy atom. The zero-order chi connectivity index (χ0) is 18.9. The molecule has 142 valence electrons. The normalized spacial score (nSPS) is 23.0. The van der Waals surface area contributed by atoms with Crippen LogP contribution in [0.4, 0.5) is 0 Å². The molecule has 1 saturated heterocycles. The first kappa shape index (κ1) is 19.0. The van der Waals surface area contributed by atoms with Crippen molar-refractivity contribution in [2.45, 2.75) is 35.8 Å². The first-order valence-corrected chi connectivity index (χ1v) is 11.1. The van der Waals surface area contributed by atoms with Gasteiger partial charge in [0.1, 0.15) is 17.1 Å². The number of carbonyl (C=O) groups excluding carboxylic acids is 1. The fourth-order valence-corrected chi connectivity index (χ4v) is 5.50. The molecule has 1 atom stereocenters. The molecule has 0 spiro atoms. The van der Waals surface area contributed by atoms with Crippen molar-refractivity contribution in [3.05, 3.63) is 58.1 Å². The molecule has 0 unspecified atom stereocenters. The van der Waals surface area contributed by atoms with Crippen LogP contribution in [0, 0.1) is 6.92 Å². The monoisotopic (exact) mass is 445 g/mol. The molecule has 2 aliphatic heterocycles. The number of rotatable bonds is 4. The molecule has 0 saturated carbocycles. The summed E-state index contributed by atoms with van der Waals surface area (Å²) in [5.41, 5.74) is 1.91. The van der Waals surface area contributed by atoms with Crippen molar-refractivity contribution in [2.75, 3.05) is 26.2 Å². The number of hydrogen-bond acceptors (Lipinski definition) is 4. The van der Waals surface area contributed by atoms with Crippen molar-refractivity contribution < 1.29 is 9.53 Å². The molecular weight excluding hydrogens is 422 g/mol. The van der Waals surface area contributed by atoms with Crippen LogP contribution in [0.25, 0.3) is 0 Å². The van der Waals surface area contributed by atoms with Crippen molar-refractivity contribution in [3.63, 3.8) is 0 Å². The van der Waals surface area contributed by atoms with Crippen LogP contribution in [-0.4, -0.2) is 41.7 Å². The average Bonchev–Trinajstić information content (AvgIpc) is 2.68. The van der Waals surface area contributed by atoms with Gasteiger partial charge in [-0.15, -0.1) is 11.8 Å². The molecule has 4 rings (SSSR count). The molecule has 0 bridgehead atoms. The van der Waals surface area contributed by atoms with E-state index in [9.17, 15) is 4.79 Å². The Labute approximate surface area is 173 Å². The average molecular weight is 446 g/mol. The maximum atomic E-state index is 13.7. The Bertz CT molecular complexity index is 833. The highest BCUT2D eigenvalue weighted by atomic mass is 79.9. The zero-order valence-corrected chi connectivity index (χ0v) is 17.9. The number of thioether (sulfide) groups is 1. The second-order valence-electron chi connectivity index (χ2n) is 7.50. The van der Waals surface area contributed by atoms with E-state index >= 15 is 0 Å². The third-order valence-corrected chi connectivity index (χ3v) is 7.15. The molecule has 2 aliphatic rings. The topological polar surface area (TPSA) is 29.5 Å². The number of aryl methyl sites for hydroxylation is 1. The lowest BCUT2D eigenvalue weighted by Gasteiger charge is -2.40. The third kappa shape index (κ3) is 4.10. The predicted molar refractivity (Wildman–Crippen MR) is 114 cm³/mol. The van der Waals surface area contributed by atoms with Crippen LogP contribution in [0.5, 0.6) is 5.75 Å². The minimum atomic E-state index is -0.611. The number of ether oxygens (including phenoxy) is 1. The highest BCUT2D eigenvalue weighted by Gasteiger charge is 2.46. The number of Topliss-reactive ketones (excluding diaryl/α,β-unsaturated/α-hetero) is 1. The Hall–Kier alpha value is -1.30. The molecule has 5 heteroatoms. The maximum Gasteiger partial charge on any atom is 0.187 e. The first-order valence-electron chi connectivity index (χ1n) is 9.51. The lowest BCUT2D eigenvalue weighted by Crippen LogP contribution is -2.53. The Kier molecular flexibility index (Phi) is 5.62. The van der Waals surface area contributed by atoms with Gasteiger partial charge in [0.15, 0.2) is 5.78 Å². The van der Waals surface area contributed by atoms with E-state index in [1.165, 1.54) is 24.8 Å². The van der Waals surface area contributed by atoms with Gasteiger partial charge in [0.05, 0.1) is 5.56 Å². The van der Waals surface area contributed by atoms with E-state index in [2.05, 4.69) is 52.0 Å². The number of halogens is 1. The number of ketones is 1. The molecule has 0 amide bonds. The van der Waals surface area contributed by atoms with Crippen LogP contribution in [-0.2, 0) is 0 Å². The zero-order valence-electron chi connectivity index (χ0n) is 15.5. The SMILES string of the molecule is Cc1ccc(S[C@]2(CN3CCCCC3)COc3ccc(Br)cc3C2=O)cc1. The summed E-state index contributed by atoms with van der Waals surface area (Å²) in [7, 11) is 0. The van der Waals surface area contributed by atoms with Gasteiger partial charge in [-0.3, -0.25) is 4.79 Å². The Morgan fingerprint density at radius 3 is 2.59 bits per heavy atom. The Balaban J connectivity index is 1.69. The smallest absolute Gasteiger partial charge is 0.187 e. The van der Waals surface area contributed by atoms with E-state index < -0.39 is 4.75 Å². The number of nitrogens with zero attached hydrogens (tertiary/aromatic N) is 1. The summed E-state index contributed by atoms with van der Waals surface area (Å²) >= 11 is 5.16. The van der Waals surface area contributed by atoms with Gasteiger partial charge in [-0.1, -0.05) is 40.0 Å². The van der Waals surface area contributed by atoms with Gasteiger partial charge < -0.3 is 9.64 Å². The van der Waals surface area contributed by atoms with Gasteiger partial charge in [-0.25, -0.2) is 0 Å². The second kappa shape index (κ2) is 7.98. The number of benzene rings is 2. The van der Waals surface area contributed by atoms with Crippen LogP contribution in [0.2, 0.25) is 0 Å².